The Balaban J connectivity index is 0.00000400. The highest BCUT2D eigenvalue weighted by Crippen LogP contribution is 2.09. The molecular weight excluding hydrogens is 395 g/mol. The average molecular weight is 424 g/mol. The van der Waals surface area contributed by atoms with Gasteiger partial charge in [-0.25, -0.2) is 4.98 Å². The summed E-state index contributed by atoms with van der Waals surface area (Å²) in [7, 11) is 0. The van der Waals surface area contributed by atoms with E-state index < -0.39 is 0 Å². The summed E-state index contributed by atoms with van der Waals surface area (Å²) in [4.78, 5) is 8.77. The minimum atomic E-state index is 0. The second-order valence-electron chi connectivity index (χ2n) is 5.74. The third-order valence-corrected chi connectivity index (χ3v) is 3.95. The highest BCUT2D eigenvalue weighted by molar-refractivity contribution is 14.0. The Morgan fingerprint density at radius 1 is 1.38 bits per heavy atom. The monoisotopic (exact) mass is 424 g/mol. The molecule has 6 heteroatoms. The topological polar surface area (TPSA) is 63.3 Å². The Hall–Kier alpha value is -0.370. The van der Waals surface area contributed by atoms with Crippen LogP contribution in [0.25, 0.3) is 0 Å². The number of hydrogen-bond donors (Lipinski definition) is 2. The summed E-state index contributed by atoms with van der Waals surface area (Å²) in [5.41, 5.74) is 7.00. The summed E-state index contributed by atoms with van der Waals surface area (Å²) in [6.07, 6.45) is 4.50. The smallest absolute Gasteiger partial charge is 0.188 e. The maximum absolute atomic E-state index is 5.90. The molecule has 0 spiro atoms. The molecule has 21 heavy (non-hydrogen) atoms. The van der Waals surface area contributed by atoms with Gasteiger partial charge in [0.05, 0.1) is 10.7 Å². The van der Waals surface area contributed by atoms with Crippen molar-refractivity contribution in [1.29, 1.82) is 0 Å². The van der Waals surface area contributed by atoms with E-state index in [0.717, 1.165) is 29.5 Å². The SMILES string of the molecule is Cc1nc(CCN=C(N)NC(C)CCCC(C)C)cs1.I. The maximum atomic E-state index is 5.90. The number of nitrogens with one attached hydrogen (secondary N) is 1. The first-order valence-electron chi connectivity index (χ1n) is 7.45. The van der Waals surface area contributed by atoms with Gasteiger partial charge in [-0.3, -0.25) is 4.99 Å². The molecule has 1 atom stereocenters. The molecule has 1 aromatic rings. The van der Waals surface area contributed by atoms with Crippen LogP contribution in [0.3, 0.4) is 0 Å². The van der Waals surface area contributed by atoms with Crippen LogP contribution in [0, 0.1) is 12.8 Å². The van der Waals surface area contributed by atoms with E-state index in [0.29, 0.717) is 18.5 Å². The lowest BCUT2D eigenvalue weighted by Gasteiger charge is -2.14. The van der Waals surface area contributed by atoms with Crippen LogP contribution in [-0.4, -0.2) is 23.5 Å². The zero-order valence-corrected chi connectivity index (χ0v) is 16.7. The van der Waals surface area contributed by atoms with Crippen LogP contribution in [0.5, 0.6) is 0 Å². The summed E-state index contributed by atoms with van der Waals surface area (Å²) in [5.74, 6) is 1.32. The van der Waals surface area contributed by atoms with Crippen molar-refractivity contribution in [2.75, 3.05) is 6.54 Å². The van der Waals surface area contributed by atoms with Crippen LogP contribution in [0.1, 0.15) is 50.7 Å². The van der Waals surface area contributed by atoms with Gasteiger partial charge in [0.2, 0.25) is 0 Å². The van der Waals surface area contributed by atoms with Gasteiger partial charge in [-0.1, -0.05) is 26.7 Å². The van der Waals surface area contributed by atoms with Crippen LogP contribution in [0.15, 0.2) is 10.4 Å². The number of aromatic nitrogens is 1. The standard InChI is InChI=1S/C15H28N4S.HI/c1-11(2)6-5-7-12(3)18-15(16)17-9-8-14-10-20-13(4)19-14;/h10-12H,5-9H2,1-4H3,(H3,16,17,18);1H. The van der Waals surface area contributed by atoms with Gasteiger partial charge >= 0.3 is 0 Å². The molecule has 1 rings (SSSR count). The Bertz CT molecular complexity index is 418. The molecule has 0 aliphatic carbocycles. The molecule has 1 heterocycles. The van der Waals surface area contributed by atoms with Crippen LogP contribution in [0.2, 0.25) is 0 Å². The van der Waals surface area contributed by atoms with Crippen molar-refractivity contribution in [1.82, 2.24) is 10.3 Å². The molecule has 0 aliphatic rings. The predicted molar refractivity (Wildman–Crippen MR) is 104 cm³/mol. The van der Waals surface area contributed by atoms with Gasteiger partial charge in [0.25, 0.3) is 0 Å². The number of hydrogen-bond acceptors (Lipinski definition) is 3. The van der Waals surface area contributed by atoms with Crippen molar-refractivity contribution >= 4 is 41.3 Å². The van der Waals surface area contributed by atoms with E-state index in [1.54, 1.807) is 11.3 Å². The van der Waals surface area contributed by atoms with Crippen LogP contribution < -0.4 is 11.1 Å². The van der Waals surface area contributed by atoms with Gasteiger partial charge in [-0.15, -0.1) is 35.3 Å². The molecule has 0 aliphatic heterocycles. The van der Waals surface area contributed by atoms with Gasteiger partial charge in [0.15, 0.2) is 5.96 Å². The number of thiazole rings is 1. The third kappa shape index (κ3) is 10.1. The molecule has 1 aromatic heterocycles. The number of nitrogens with zero attached hydrogens (tertiary/aromatic N) is 2. The van der Waals surface area contributed by atoms with E-state index in [-0.39, 0.29) is 24.0 Å². The second-order valence-corrected chi connectivity index (χ2v) is 6.81. The zero-order valence-electron chi connectivity index (χ0n) is 13.6. The van der Waals surface area contributed by atoms with E-state index in [4.69, 9.17) is 5.73 Å². The van der Waals surface area contributed by atoms with E-state index in [1.165, 1.54) is 12.8 Å². The lowest BCUT2D eigenvalue weighted by molar-refractivity contribution is 0.493. The van der Waals surface area contributed by atoms with Crippen molar-refractivity contribution in [2.24, 2.45) is 16.6 Å². The third-order valence-electron chi connectivity index (χ3n) is 3.13. The number of aryl methyl sites for hydroxylation is 1. The highest BCUT2D eigenvalue weighted by atomic mass is 127. The highest BCUT2D eigenvalue weighted by Gasteiger charge is 2.04. The number of guanidine groups is 1. The summed E-state index contributed by atoms with van der Waals surface area (Å²) in [5, 5.41) is 6.45. The van der Waals surface area contributed by atoms with E-state index in [2.05, 4.69) is 41.4 Å². The van der Waals surface area contributed by atoms with E-state index in [1.807, 2.05) is 6.92 Å². The van der Waals surface area contributed by atoms with Gasteiger partial charge in [-0.05, 0) is 26.2 Å². The molecule has 0 amide bonds. The first kappa shape index (κ1) is 20.6. The molecule has 0 saturated carbocycles. The van der Waals surface area contributed by atoms with Gasteiger partial charge < -0.3 is 11.1 Å². The Morgan fingerprint density at radius 3 is 2.67 bits per heavy atom. The van der Waals surface area contributed by atoms with Crippen molar-refractivity contribution in [2.45, 2.75) is 59.4 Å². The minimum Gasteiger partial charge on any atom is -0.370 e. The average Bonchev–Trinajstić information content (AvgIpc) is 2.74. The summed E-state index contributed by atoms with van der Waals surface area (Å²) >= 11 is 1.68. The van der Waals surface area contributed by atoms with Gasteiger partial charge in [0, 0.05) is 24.4 Å². The number of nitrogens with two attached hydrogens (primary N) is 1. The molecule has 4 nitrogen and oxygen atoms in total. The summed E-state index contributed by atoms with van der Waals surface area (Å²) in [6, 6.07) is 0.388. The Morgan fingerprint density at radius 2 is 2.10 bits per heavy atom. The number of rotatable bonds is 8. The Labute approximate surface area is 150 Å². The van der Waals surface area contributed by atoms with Crippen LogP contribution >= 0.6 is 35.3 Å². The van der Waals surface area contributed by atoms with Crippen LogP contribution in [0.4, 0.5) is 0 Å². The number of aliphatic imine (C=N–C) groups is 1. The molecule has 3 N–H and O–H groups in total. The molecule has 1 unspecified atom stereocenters. The van der Waals surface area contributed by atoms with Gasteiger partial charge in [-0.2, -0.15) is 0 Å². The quantitative estimate of drug-likeness (QED) is 0.380. The molecule has 0 fully saturated rings. The number of halogens is 1. The fraction of sp³-hybridized carbons (Fsp3) is 0.733. The van der Waals surface area contributed by atoms with Crippen molar-refractivity contribution in [3.05, 3.63) is 16.1 Å². The first-order chi connectivity index (χ1) is 9.47. The normalized spacial score (nSPS) is 13.1. The maximum Gasteiger partial charge on any atom is 0.188 e. The summed E-state index contributed by atoms with van der Waals surface area (Å²) in [6.45, 7) is 9.39. The molecular formula is C15H29IN4S. The lowest BCUT2D eigenvalue weighted by Crippen LogP contribution is -2.38. The van der Waals surface area contributed by atoms with Crippen molar-refractivity contribution in [3.8, 4) is 0 Å². The fourth-order valence-electron chi connectivity index (χ4n) is 2.02. The van der Waals surface area contributed by atoms with E-state index in [9.17, 15) is 0 Å². The Kier molecular flexibility index (Phi) is 11.0. The fourth-order valence-corrected chi connectivity index (χ4v) is 2.66. The molecule has 122 valence electrons. The van der Waals surface area contributed by atoms with Crippen LogP contribution in [-0.2, 0) is 6.42 Å². The summed E-state index contributed by atoms with van der Waals surface area (Å²) < 4.78 is 0. The molecule has 0 saturated heterocycles. The van der Waals surface area contributed by atoms with E-state index >= 15 is 0 Å². The molecule has 0 bridgehead atoms. The lowest BCUT2D eigenvalue weighted by atomic mass is 10.0. The largest absolute Gasteiger partial charge is 0.370 e. The zero-order chi connectivity index (χ0) is 15.0. The van der Waals surface area contributed by atoms with Gasteiger partial charge in [0.1, 0.15) is 0 Å². The minimum absolute atomic E-state index is 0. The van der Waals surface area contributed by atoms with Crippen molar-refractivity contribution < 1.29 is 0 Å². The predicted octanol–water partition coefficient (Wildman–Crippen LogP) is 3.73. The molecule has 0 aromatic carbocycles. The second kappa shape index (κ2) is 11.2. The molecule has 0 radical (unpaired) electrons. The van der Waals surface area contributed by atoms with Crippen molar-refractivity contribution in [3.63, 3.8) is 0 Å². The first-order valence-corrected chi connectivity index (χ1v) is 8.32.